The highest BCUT2D eigenvalue weighted by Gasteiger charge is 2.75. The van der Waals surface area contributed by atoms with Gasteiger partial charge in [-0.3, -0.25) is 4.79 Å². The zero-order valence-corrected chi connectivity index (χ0v) is 21.6. The van der Waals surface area contributed by atoms with Gasteiger partial charge in [-0.25, -0.2) is 15.0 Å². The van der Waals surface area contributed by atoms with E-state index in [0.717, 1.165) is 5.56 Å². The van der Waals surface area contributed by atoms with Gasteiger partial charge in [-0.1, -0.05) is 55.0 Å². The monoisotopic (exact) mass is 523 g/mol. The van der Waals surface area contributed by atoms with E-state index >= 15 is 0 Å². The Morgan fingerprint density at radius 2 is 1.97 bits per heavy atom. The highest BCUT2D eigenvalue weighted by molar-refractivity contribution is 5.88. The smallest absolute Gasteiger partial charge is 0.229 e. The van der Waals surface area contributed by atoms with Crippen molar-refractivity contribution in [2.75, 3.05) is 7.05 Å². The predicted octanol–water partition coefficient (Wildman–Crippen LogP) is 2.84. The van der Waals surface area contributed by atoms with Crippen molar-refractivity contribution in [3.63, 3.8) is 0 Å². The molecule has 1 aromatic carbocycles. The number of nitrogens with zero attached hydrogens (tertiary/aromatic N) is 4. The van der Waals surface area contributed by atoms with Crippen LogP contribution >= 0.6 is 0 Å². The first-order valence-corrected chi connectivity index (χ1v) is 12.6. The van der Waals surface area contributed by atoms with Gasteiger partial charge >= 0.3 is 0 Å². The van der Waals surface area contributed by atoms with Crippen molar-refractivity contribution in [2.24, 2.45) is 11.3 Å². The normalized spacial score (nSPS) is 26.0. The molecular formula is C30H29N5O4. The summed E-state index contributed by atoms with van der Waals surface area (Å²) in [5, 5.41) is 35.2. The van der Waals surface area contributed by atoms with Gasteiger partial charge in [0.1, 0.15) is 17.4 Å². The Kier molecular flexibility index (Phi) is 6.91. The van der Waals surface area contributed by atoms with Gasteiger partial charge in [0.25, 0.3) is 0 Å². The number of amides is 1. The molecule has 5 atom stereocenters. The van der Waals surface area contributed by atoms with E-state index in [0.29, 0.717) is 28.9 Å². The van der Waals surface area contributed by atoms with Gasteiger partial charge < -0.3 is 25.2 Å². The van der Waals surface area contributed by atoms with Crippen molar-refractivity contribution >= 4 is 23.1 Å². The lowest BCUT2D eigenvalue weighted by Crippen LogP contribution is -2.41. The molecule has 4 N–H and O–H groups in total. The predicted molar refractivity (Wildman–Crippen MR) is 147 cm³/mol. The van der Waals surface area contributed by atoms with E-state index in [2.05, 4.69) is 38.7 Å². The molecule has 0 aliphatic heterocycles. The number of hydrogen-bond acceptors (Lipinski definition) is 7. The fourth-order valence-corrected chi connectivity index (χ4v) is 5.34. The third kappa shape index (κ3) is 4.54. The van der Waals surface area contributed by atoms with Gasteiger partial charge in [-0.15, -0.1) is 0 Å². The van der Waals surface area contributed by atoms with Crippen LogP contribution in [0.2, 0.25) is 0 Å². The van der Waals surface area contributed by atoms with Crippen LogP contribution in [0.4, 0.5) is 0 Å². The maximum absolute atomic E-state index is 12.6. The molecule has 0 bridgehead atoms. The van der Waals surface area contributed by atoms with E-state index in [-0.39, 0.29) is 23.4 Å². The Bertz CT molecular complexity index is 1590. The Labute approximate surface area is 226 Å². The van der Waals surface area contributed by atoms with Gasteiger partial charge in [0.15, 0.2) is 5.65 Å². The summed E-state index contributed by atoms with van der Waals surface area (Å²) in [6, 6.07) is 8.76. The van der Waals surface area contributed by atoms with Crippen molar-refractivity contribution in [2.45, 2.75) is 31.6 Å². The number of aromatic nitrogens is 4. The summed E-state index contributed by atoms with van der Waals surface area (Å²) in [5.74, 6) is 5.50. The highest BCUT2D eigenvalue weighted by atomic mass is 16.3. The Morgan fingerprint density at radius 1 is 1.21 bits per heavy atom. The topological polar surface area (TPSA) is 133 Å². The van der Waals surface area contributed by atoms with E-state index in [1.54, 1.807) is 16.7 Å². The molecule has 2 aromatic heterocycles. The number of rotatable bonds is 6. The molecule has 2 saturated carbocycles. The number of aliphatic hydroxyl groups excluding tert-OH is 3. The van der Waals surface area contributed by atoms with E-state index in [4.69, 9.17) is 0 Å². The summed E-state index contributed by atoms with van der Waals surface area (Å²) in [5.41, 5.74) is 1.16. The van der Waals surface area contributed by atoms with Crippen LogP contribution < -0.4 is 5.32 Å². The number of allylic oxidation sites excluding steroid dienone is 4. The van der Waals surface area contributed by atoms with Crippen LogP contribution in [-0.4, -0.2) is 60.0 Å². The number of fused-ring (bicyclic) bond motifs is 2. The molecule has 1 amide bonds. The molecule has 3 aromatic rings. The van der Waals surface area contributed by atoms with Crippen LogP contribution in [0.1, 0.15) is 36.5 Å². The molecule has 2 heterocycles. The van der Waals surface area contributed by atoms with Gasteiger partial charge in [-0.05, 0) is 31.4 Å². The lowest BCUT2D eigenvalue weighted by atomic mass is 9.98. The largest absolute Gasteiger partial charge is 0.507 e. The summed E-state index contributed by atoms with van der Waals surface area (Å²) in [6.45, 7) is 5.78. The second-order valence-corrected chi connectivity index (χ2v) is 9.67. The minimum Gasteiger partial charge on any atom is -0.507 e. The summed E-state index contributed by atoms with van der Waals surface area (Å²) in [6.07, 6.45) is 8.08. The van der Waals surface area contributed by atoms with Crippen LogP contribution in [0, 0.1) is 23.2 Å². The second kappa shape index (κ2) is 10.3. The number of aliphatic hydroxyl groups is 3. The molecular weight excluding hydrogens is 494 g/mol. The lowest BCUT2D eigenvalue weighted by Gasteiger charge is -2.23. The van der Waals surface area contributed by atoms with E-state index in [1.807, 2.05) is 49.4 Å². The van der Waals surface area contributed by atoms with Crippen molar-refractivity contribution in [3.8, 4) is 11.8 Å². The third-order valence-electron chi connectivity index (χ3n) is 7.39. The quantitative estimate of drug-likeness (QED) is 0.222. The fraction of sp³-hybridized carbons (Fsp3) is 0.267. The fourth-order valence-electron chi connectivity index (χ4n) is 5.34. The zero-order valence-electron chi connectivity index (χ0n) is 21.6. The van der Waals surface area contributed by atoms with Crippen LogP contribution in [0.5, 0.6) is 0 Å². The Hall–Kier alpha value is -4.52. The van der Waals surface area contributed by atoms with Gasteiger partial charge in [0.2, 0.25) is 11.7 Å². The average Bonchev–Trinajstić information content (AvgIpc) is 3.48. The Morgan fingerprint density at radius 3 is 2.69 bits per heavy atom. The average molecular weight is 524 g/mol. The number of benzene rings is 1. The van der Waals surface area contributed by atoms with Crippen molar-refractivity contribution in [3.05, 3.63) is 96.0 Å². The number of imidazole rings is 1. The van der Waals surface area contributed by atoms with Crippen LogP contribution in [0.25, 0.3) is 17.2 Å². The minimum atomic E-state index is -1.22. The first kappa shape index (κ1) is 26.1. The van der Waals surface area contributed by atoms with Crippen LogP contribution in [0.3, 0.4) is 0 Å². The molecule has 2 aliphatic rings. The first-order valence-electron chi connectivity index (χ1n) is 12.6. The minimum absolute atomic E-state index is 0.107. The van der Waals surface area contributed by atoms with Gasteiger partial charge in [0, 0.05) is 30.2 Å². The van der Waals surface area contributed by atoms with Gasteiger partial charge in [-0.2, -0.15) is 0 Å². The van der Waals surface area contributed by atoms with Crippen LogP contribution in [0.15, 0.2) is 78.9 Å². The number of carbonyl (C=O) groups is 1. The summed E-state index contributed by atoms with van der Waals surface area (Å²) in [4.78, 5) is 26.3. The molecule has 0 spiro atoms. The van der Waals surface area contributed by atoms with E-state index in [1.165, 1.54) is 19.5 Å². The summed E-state index contributed by atoms with van der Waals surface area (Å²) < 4.78 is 1.68. The first-order chi connectivity index (χ1) is 18.8. The van der Waals surface area contributed by atoms with Crippen molar-refractivity contribution < 1.29 is 20.1 Å². The molecule has 2 fully saturated rings. The standard InChI is InChI=1S/C30H29N5O4/c1-4-5-7-10-18(2)22(36)15-21-24-28(34-23(33-21)14-13-19-11-8-6-9-12-19)35(17-32-24)25-20-16-30(20,29(39)31-3)27(38)26(25)37/h4-12,15,17,20,25-27,36-38H,2,16H2,1,3H3,(H,31,39)/b5-4-,10-7-,22-15-/t20?,25-,26?,27+,30-/m1/s1. The number of hydrogen-bond donors (Lipinski definition) is 4. The zero-order chi connectivity index (χ0) is 27.7. The summed E-state index contributed by atoms with van der Waals surface area (Å²) >= 11 is 0. The SMILES string of the molecule is C=C(/C=C\C=C/C)/C(O)=C/c1nc(C#Cc2ccccc2)nc2c1ncn2[C@H]1C(O)[C@H](O)[C@@]2(C(=O)NC)CC12. The van der Waals surface area contributed by atoms with Crippen molar-refractivity contribution in [1.29, 1.82) is 0 Å². The molecule has 0 radical (unpaired) electrons. The van der Waals surface area contributed by atoms with E-state index < -0.39 is 23.7 Å². The molecule has 5 rings (SSSR count). The number of nitrogens with one attached hydrogen (secondary N) is 1. The maximum Gasteiger partial charge on any atom is 0.229 e. The van der Waals surface area contributed by atoms with E-state index in [9.17, 15) is 20.1 Å². The molecule has 9 heteroatoms. The summed E-state index contributed by atoms with van der Waals surface area (Å²) in [7, 11) is 1.52. The molecule has 0 saturated heterocycles. The van der Waals surface area contributed by atoms with Crippen molar-refractivity contribution in [1.82, 2.24) is 24.8 Å². The molecule has 9 nitrogen and oxygen atoms in total. The number of carbonyl (C=O) groups excluding carboxylic acids is 1. The van der Waals surface area contributed by atoms with Crippen LogP contribution in [-0.2, 0) is 4.79 Å². The molecule has 2 aliphatic carbocycles. The lowest BCUT2D eigenvalue weighted by molar-refractivity contribution is -0.132. The highest BCUT2D eigenvalue weighted by Crippen LogP contribution is 2.67. The second-order valence-electron chi connectivity index (χ2n) is 9.67. The molecule has 39 heavy (non-hydrogen) atoms. The molecule has 198 valence electrons. The Balaban J connectivity index is 1.61. The maximum atomic E-state index is 12.6. The molecule has 2 unspecified atom stereocenters. The third-order valence-corrected chi connectivity index (χ3v) is 7.39. The van der Waals surface area contributed by atoms with Gasteiger partial charge in [0.05, 0.1) is 29.6 Å².